The number of aliphatic hydroxyl groups excluding tert-OH is 1. The first-order valence-corrected chi connectivity index (χ1v) is 6.08. The van der Waals surface area contributed by atoms with Crippen molar-refractivity contribution in [3.63, 3.8) is 0 Å². The largest absolute Gasteiger partial charge is 0.394 e. The number of hydrogen-bond acceptors (Lipinski definition) is 3. The summed E-state index contributed by atoms with van der Waals surface area (Å²) in [6.45, 7) is 6.56. The SMILES string of the molecule is CC(C)(C)c1ccc(CNC(=O)C(N)CO)cc1. The van der Waals surface area contributed by atoms with E-state index in [2.05, 4.69) is 38.2 Å². The number of carbonyl (C=O) groups is 1. The second kappa shape index (κ2) is 5.98. The van der Waals surface area contributed by atoms with E-state index >= 15 is 0 Å². The molecule has 0 fully saturated rings. The number of nitrogens with two attached hydrogens (primary N) is 1. The fourth-order valence-corrected chi connectivity index (χ4v) is 1.53. The van der Waals surface area contributed by atoms with Crippen LogP contribution in [0.4, 0.5) is 0 Å². The molecule has 4 nitrogen and oxygen atoms in total. The fourth-order valence-electron chi connectivity index (χ4n) is 1.53. The van der Waals surface area contributed by atoms with Crippen molar-refractivity contribution < 1.29 is 9.90 Å². The summed E-state index contributed by atoms with van der Waals surface area (Å²) >= 11 is 0. The summed E-state index contributed by atoms with van der Waals surface area (Å²) in [6.07, 6.45) is 0. The van der Waals surface area contributed by atoms with Crippen LogP contribution in [-0.2, 0) is 16.8 Å². The normalized spacial score (nSPS) is 13.2. The van der Waals surface area contributed by atoms with E-state index in [9.17, 15) is 4.79 Å². The maximum absolute atomic E-state index is 11.4. The number of aliphatic hydroxyl groups is 1. The van der Waals surface area contributed by atoms with Gasteiger partial charge in [-0.15, -0.1) is 0 Å². The van der Waals surface area contributed by atoms with Crippen LogP contribution in [0.2, 0.25) is 0 Å². The van der Waals surface area contributed by atoms with Crippen LogP contribution in [0.15, 0.2) is 24.3 Å². The van der Waals surface area contributed by atoms with Crippen molar-refractivity contribution in [2.75, 3.05) is 6.61 Å². The van der Waals surface area contributed by atoms with Gasteiger partial charge in [-0.05, 0) is 16.5 Å². The Kier molecular flexibility index (Phi) is 4.87. The highest BCUT2D eigenvalue weighted by atomic mass is 16.3. The van der Waals surface area contributed by atoms with Gasteiger partial charge in [0, 0.05) is 6.54 Å². The number of benzene rings is 1. The van der Waals surface area contributed by atoms with Gasteiger partial charge in [0.15, 0.2) is 0 Å². The number of amides is 1. The molecule has 100 valence electrons. The summed E-state index contributed by atoms with van der Waals surface area (Å²) < 4.78 is 0. The van der Waals surface area contributed by atoms with E-state index < -0.39 is 6.04 Å². The maximum Gasteiger partial charge on any atom is 0.239 e. The van der Waals surface area contributed by atoms with E-state index in [-0.39, 0.29) is 17.9 Å². The zero-order valence-corrected chi connectivity index (χ0v) is 11.2. The average Bonchev–Trinajstić information content (AvgIpc) is 2.34. The lowest BCUT2D eigenvalue weighted by Gasteiger charge is -2.19. The molecule has 4 heteroatoms. The Labute approximate surface area is 108 Å². The van der Waals surface area contributed by atoms with Crippen LogP contribution in [0.25, 0.3) is 0 Å². The Morgan fingerprint density at radius 2 is 1.89 bits per heavy atom. The third-order valence-corrected chi connectivity index (χ3v) is 2.82. The lowest BCUT2D eigenvalue weighted by Crippen LogP contribution is -2.42. The highest BCUT2D eigenvalue weighted by Crippen LogP contribution is 2.22. The molecule has 0 bridgehead atoms. The maximum atomic E-state index is 11.4. The first kappa shape index (κ1) is 14.7. The predicted octanol–water partition coefficient (Wildman–Crippen LogP) is 0.920. The minimum Gasteiger partial charge on any atom is -0.394 e. The van der Waals surface area contributed by atoms with Crippen LogP contribution in [0.1, 0.15) is 31.9 Å². The highest BCUT2D eigenvalue weighted by molar-refractivity contribution is 5.81. The number of nitrogens with one attached hydrogen (secondary N) is 1. The predicted molar refractivity (Wildman–Crippen MR) is 72.0 cm³/mol. The molecule has 0 saturated heterocycles. The van der Waals surface area contributed by atoms with Crippen LogP contribution in [-0.4, -0.2) is 23.7 Å². The van der Waals surface area contributed by atoms with E-state index in [0.29, 0.717) is 6.54 Å². The Bertz CT molecular complexity index is 393. The molecular formula is C14H22N2O2. The van der Waals surface area contributed by atoms with E-state index in [1.165, 1.54) is 5.56 Å². The van der Waals surface area contributed by atoms with E-state index in [0.717, 1.165) is 5.56 Å². The molecule has 1 rings (SSSR count). The molecule has 0 aliphatic heterocycles. The molecule has 0 saturated carbocycles. The fraction of sp³-hybridized carbons (Fsp3) is 0.500. The zero-order chi connectivity index (χ0) is 13.8. The minimum absolute atomic E-state index is 0.126. The van der Waals surface area contributed by atoms with E-state index in [4.69, 9.17) is 10.8 Å². The highest BCUT2D eigenvalue weighted by Gasteiger charge is 2.13. The first-order valence-electron chi connectivity index (χ1n) is 6.08. The molecule has 0 heterocycles. The summed E-state index contributed by atoms with van der Waals surface area (Å²) in [5.41, 5.74) is 7.80. The Balaban J connectivity index is 2.57. The molecule has 1 atom stereocenters. The second-order valence-electron chi connectivity index (χ2n) is 5.45. The average molecular weight is 250 g/mol. The molecule has 1 amide bonds. The monoisotopic (exact) mass is 250 g/mol. The topological polar surface area (TPSA) is 75.4 Å². The van der Waals surface area contributed by atoms with Crippen molar-refractivity contribution >= 4 is 5.91 Å². The molecule has 0 radical (unpaired) electrons. The Morgan fingerprint density at radius 3 is 2.33 bits per heavy atom. The quantitative estimate of drug-likeness (QED) is 0.744. The summed E-state index contributed by atoms with van der Waals surface area (Å²) in [5, 5.41) is 11.4. The third kappa shape index (κ3) is 4.13. The molecule has 0 spiro atoms. The summed E-state index contributed by atoms with van der Waals surface area (Å²) in [5.74, 6) is -0.336. The standard InChI is InChI=1S/C14H22N2O2/c1-14(2,3)11-6-4-10(5-7-11)8-16-13(18)12(15)9-17/h4-7,12,17H,8-9,15H2,1-3H3,(H,16,18). The Hall–Kier alpha value is -1.39. The van der Waals surface area contributed by atoms with E-state index in [1.807, 2.05) is 12.1 Å². The lowest BCUT2D eigenvalue weighted by atomic mass is 9.87. The van der Waals surface area contributed by atoms with Gasteiger partial charge in [0.2, 0.25) is 5.91 Å². The van der Waals surface area contributed by atoms with Gasteiger partial charge in [0.05, 0.1) is 6.61 Å². The molecule has 0 aromatic heterocycles. The molecule has 0 aliphatic rings. The Morgan fingerprint density at radius 1 is 1.33 bits per heavy atom. The van der Waals surface area contributed by atoms with Gasteiger partial charge in [-0.2, -0.15) is 0 Å². The molecule has 1 unspecified atom stereocenters. The van der Waals surface area contributed by atoms with Crippen molar-refractivity contribution in [2.24, 2.45) is 5.73 Å². The van der Waals surface area contributed by atoms with Gasteiger partial charge in [0.25, 0.3) is 0 Å². The molecule has 18 heavy (non-hydrogen) atoms. The van der Waals surface area contributed by atoms with Crippen LogP contribution >= 0.6 is 0 Å². The molecule has 1 aromatic carbocycles. The van der Waals surface area contributed by atoms with Crippen LogP contribution in [0, 0.1) is 0 Å². The summed E-state index contributed by atoms with van der Waals surface area (Å²) in [7, 11) is 0. The number of hydrogen-bond donors (Lipinski definition) is 3. The third-order valence-electron chi connectivity index (χ3n) is 2.82. The van der Waals surface area contributed by atoms with Gasteiger partial charge in [-0.1, -0.05) is 45.0 Å². The summed E-state index contributed by atoms with van der Waals surface area (Å²) in [6, 6.07) is 7.26. The van der Waals surface area contributed by atoms with E-state index in [1.54, 1.807) is 0 Å². The minimum atomic E-state index is -0.848. The van der Waals surface area contributed by atoms with Gasteiger partial charge in [-0.3, -0.25) is 4.79 Å². The molecule has 1 aromatic rings. The van der Waals surface area contributed by atoms with Crippen molar-refractivity contribution in [1.82, 2.24) is 5.32 Å². The number of rotatable bonds is 4. The molecular weight excluding hydrogens is 228 g/mol. The molecule has 4 N–H and O–H groups in total. The zero-order valence-electron chi connectivity index (χ0n) is 11.2. The van der Waals surface area contributed by atoms with Crippen molar-refractivity contribution in [1.29, 1.82) is 0 Å². The van der Waals surface area contributed by atoms with Crippen molar-refractivity contribution in [2.45, 2.75) is 38.8 Å². The van der Waals surface area contributed by atoms with Crippen molar-refractivity contribution in [3.8, 4) is 0 Å². The summed E-state index contributed by atoms with van der Waals surface area (Å²) in [4.78, 5) is 11.4. The van der Waals surface area contributed by atoms with Gasteiger partial charge in [0.1, 0.15) is 6.04 Å². The van der Waals surface area contributed by atoms with Gasteiger partial charge < -0.3 is 16.2 Å². The van der Waals surface area contributed by atoms with Crippen LogP contribution in [0.5, 0.6) is 0 Å². The molecule has 0 aliphatic carbocycles. The van der Waals surface area contributed by atoms with Crippen LogP contribution < -0.4 is 11.1 Å². The first-order chi connectivity index (χ1) is 8.34. The second-order valence-corrected chi connectivity index (χ2v) is 5.45. The van der Waals surface area contributed by atoms with Crippen molar-refractivity contribution in [3.05, 3.63) is 35.4 Å². The van der Waals surface area contributed by atoms with Gasteiger partial charge >= 0.3 is 0 Å². The van der Waals surface area contributed by atoms with Crippen LogP contribution in [0.3, 0.4) is 0 Å². The number of carbonyl (C=O) groups excluding carboxylic acids is 1. The van der Waals surface area contributed by atoms with Gasteiger partial charge in [-0.25, -0.2) is 0 Å². The lowest BCUT2D eigenvalue weighted by molar-refractivity contribution is -0.123. The smallest absolute Gasteiger partial charge is 0.239 e.